The molecule has 1 aromatic carbocycles. The summed E-state index contributed by atoms with van der Waals surface area (Å²) in [6, 6.07) is 7.32. The van der Waals surface area contributed by atoms with Crippen LogP contribution in [-0.4, -0.2) is 20.7 Å². The topological polar surface area (TPSA) is 59.8 Å². The zero-order valence-corrected chi connectivity index (χ0v) is 13.2. The Labute approximate surface area is 142 Å². The van der Waals surface area contributed by atoms with Crippen molar-refractivity contribution < 1.29 is 22.4 Å². The number of carbonyl (C=O) groups excluding carboxylic acids is 1. The summed E-state index contributed by atoms with van der Waals surface area (Å²) < 4.78 is 52.1. The van der Waals surface area contributed by atoms with Crippen molar-refractivity contribution in [1.29, 1.82) is 0 Å². The van der Waals surface area contributed by atoms with E-state index in [1.165, 1.54) is 22.9 Å². The third kappa shape index (κ3) is 4.21. The van der Waals surface area contributed by atoms with Gasteiger partial charge < -0.3 is 5.32 Å². The number of anilines is 1. The number of rotatable bonds is 4. The summed E-state index contributed by atoms with van der Waals surface area (Å²) in [4.78, 5) is 14.5. The number of benzene rings is 1. The molecule has 0 unspecified atom stereocenters. The number of hydrogen-bond acceptors (Lipinski definition) is 4. The predicted octanol–water partition coefficient (Wildman–Crippen LogP) is 3.67. The van der Waals surface area contributed by atoms with Crippen molar-refractivity contribution in [2.45, 2.75) is 12.6 Å². The van der Waals surface area contributed by atoms with Gasteiger partial charge in [0.1, 0.15) is 10.7 Å². The summed E-state index contributed by atoms with van der Waals surface area (Å²) in [5.74, 6) is -0.968. The van der Waals surface area contributed by atoms with E-state index in [2.05, 4.69) is 15.4 Å². The van der Waals surface area contributed by atoms with Crippen molar-refractivity contribution in [3.63, 3.8) is 0 Å². The van der Waals surface area contributed by atoms with Crippen LogP contribution in [0.25, 0.3) is 5.69 Å². The number of nitrogens with zero attached hydrogens (tertiary/aromatic N) is 3. The molecule has 0 aliphatic carbocycles. The van der Waals surface area contributed by atoms with Crippen molar-refractivity contribution >= 4 is 22.4 Å². The number of hydrogen-bond donors (Lipinski definition) is 1. The van der Waals surface area contributed by atoms with Gasteiger partial charge in [-0.05, 0) is 24.3 Å². The summed E-state index contributed by atoms with van der Waals surface area (Å²) in [5, 5.41) is 6.30. The number of nitrogens with one attached hydrogen (secondary N) is 1. The van der Waals surface area contributed by atoms with Crippen LogP contribution in [0.1, 0.15) is 10.6 Å². The number of thiazole rings is 1. The molecule has 0 aliphatic rings. The molecule has 1 amide bonds. The van der Waals surface area contributed by atoms with Gasteiger partial charge >= 0.3 is 6.18 Å². The number of aromatic nitrogens is 3. The molecule has 0 spiro atoms. The average molecular weight is 370 g/mol. The normalized spacial score (nSPS) is 11.5. The monoisotopic (exact) mass is 370 g/mol. The van der Waals surface area contributed by atoms with Crippen molar-refractivity contribution in [3.05, 3.63) is 59.1 Å². The van der Waals surface area contributed by atoms with Gasteiger partial charge in [-0.15, -0.1) is 0 Å². The average Bonchev–Trinajstić information content (AvgIpc) is 3.16. The fourth-order valence-corrected chi connectivity index (χ4v) is 2.71. The first-order valence-electron chi connectivity index (χ1n) is 6.94. The summed E-state index contributed by atoms with van der Waals surface area (Å²) in [7, 11) is 0. The molecule has 0 aliphatic heterocycles. The number of alkyl halides is 3. The van der Waals surface area contributed by atoms with Gasteiger partial charge in [0.25, 0.3) is 0 Å². The zero-order valence-electron chi connectivity index (χ0n) is 12.4. The number of amides is 1. The smallest absolute Gasteiger partial charge is 0.302 e. The second-order valence-electron chi connectivity index (χ2n) is 4.98. The van der Waals surface area contributed by atoms with Gasteiger partial charge in [0, 0.05) is 6.20 Å². The molecule has 3 rings (SSSR count). The molecule has 2 heterocycles. The standard InChI is InChI=1S/C15H10F4N4OS/c16-9-2-1-3-11(6-9)23-5-4-10(22-23)7-13(24)21-14-20-8-12(25-14)15(17,18)19/h1-6,8H,7H2,(H,20,21,24). The maximum absolute atomic E-state index is 13.2. The first-order chi connectivity index (χ1) is 11.8. The van der Waals surface area contributed by atoms with Crippen molar-refractivity contribution in [2.24, 2.45) is 0 Å². The van der Waals surface area contributed by atoms with Crippen LogP contribution in [0.3, 0.4) is 0 Å². The SMILES string of the molecule is O=C(Cc1ccn(-c2cccc(F)c2)n1)Nc1ncc(C(F)(F)F)s1. The highest BCUT2D eigenvalue weighted by molar-refractivity contribution is 7.15. The van der Waals surface area contributed by atoms with Crippen LogP contribution in [0.4, 0.5) is 22.7 Å². The van der Waals surface area contributed by atoms with E-state index in [0.29, 0.717) is 28.9 Å². The maximum atomic E-state index is 13.2. The highest BCUT2D eigenvalue weighted by Gasteiger charge is 2.33. The van der Waals surface area contributed by atoms with Crippen LogP contribution in [0.5, 0.6) is 0 Å². The molecule has 25 heavy (non-hydrogen) atoms. The van der Waals surface area contributed by atoms with Gasteiger partial charge in [0.15, 0.2) is 5.13 Å². The highest BCUT2D eigenvalue weighted by Crippen LogP contribution is 2.34. The lowest BCUT2D eigenvalue weighted by atomic mass is 10.3. The lowest BCUT2D eigenvalue weighted by Crippen LogP contribution is -2.14. The highest BCUT2D eigenvalue weighted by atomic mass is 32.1. The summed E-state index contributed by atoms with van der Waals surface area (Å²) in [6.07, 6.45) is -2.42. The Morgan fingerprint density at radius 2 is 2.08 bits per heavy atom. The molecular formula is C15H10F4N4OS. The second kappa shape index (κ2) is 6.63. The van der Waals surface area contributed by atoms with Crippen LogP contribution < -0.4 is 5.32 Å². The van der Waals surface area contributed by atoms with E-state index in [4.69, 9.17) is 0 Å². The van der Waals surface area contributed by atoms with Crippen LogP contribution in [0.15, 0.2) is 42.7 Å². The molecule has 0 saturated heterocycles. The third-order valence-electron chi connectivity index (χ3n) is 3.09. The Morgan fingerprint density at radius 3 is 2.76 bits per heavy atom. The minimum atomic E-state index is -4.50. The fourth-order valence-electron chi connectivity index (χ4n) is 2.01. The largest absolute Gasteiger partial charge is 0.427 e. The van der Waals surface area contributed by atoms with E-state index in [1.54, 1.807) is 18.3 Å². The van der Waals surface area contributed by atoms with E-state index in [0.717, 1.165) is 0 Å². The molecule has 10 heteroatoms. The Balaban J connectivity index is 1.65. The van der Waals surface area contributed by atoms with Crippen molar-refractivity contribution in [1.82, 2.24) is 14.8 Å². The number of halogens is 4. The van der Waals surface area contributed by atoms with E-state index in [9.17, 15) is 22.4 Å². The minimum absolute atomic E-state index is 0.137. The van der Waals surface area contributed by atoms with Crippen LogP contribution in [0.2, 0.25) is 0 Å². The number of carbonyl (C=O) groups is 1. The van der Waals surface area contributed by atoms with E-state index >= 15 is 0 Å². The Kier molecular flexibility index (Phi) is 4.53. The lowest BCUT2D eigenvalue weighted by molar-refractivity contribution is -0.134. The Bertz CT molecular complexity index is 903. The molecule has 0 fully saturated rings. The molecule has 0 radical (unpaired) electrons. The Hall–Kier alpha value is -2.75. The lowest BCUT2D eigenvalue weighted by Gasteiger charge is -2.02. The zero-order chi connectivity index (χ0) is 18.0. The predicted molar refractivity (Wildman–Crippen MR) is 83.0 cm³/mol. The van der Waals surface area contributed by atoms with Gasteiger partial charge in [-0.2, -0.15) is 18.3 Å². The van der Waals surface area contributed by atoms with E-state index < -0.39 is 22.8 Å². The van der Waals surface area contributed by atoms with Crippen molar-refractivity contribution in [2.75, 3.05) is 5.32 Å². The van der Waals surface area contributed by atoms with E-state index in [-0.39, 0.29) is 11.6 Å². The molecule has 5 nitrogen and oxygen atoms in total. The third-order valence-corrected chi connectivity index (χ3v) is 4.05. The van der Waals surface area contributed by atoms with E-state index in [1.807, 2.05) is 0 Å². The molecule has 130 valence electrons. The van der Waals surface area contributed by atoms with Gasteiger partial charge in [0.05, 0.1) is 24.0 Å². The van der Waals surface area contributed by atoms with Gasteiger partial charge in [-0.3, -0.25) is 4.79 Å². The fraction of sp³-hybridized carbons (Fsp3) is 0.133. The van der Waals surface area contributed by atoms with Crippen LogP contribution in [0, 0.1) is 5.82 Å². The quantitative estimate of drug-likeness (QED) is 0.713. The maximum Gasteiger partial charge on any atom is 0.427 e. The Morgan fingerprint density at radius 1 is 1.28 bits per heavy atom. The first-order valence-corrected chi connectivity index (χ1v) is 7.76. The minimum Gasteiger partial charge on any atom is -0.302 e. The second-order valence-corrected chi connectivity index (χ2v) is 6.01. The molecule has 0 atom stereocenters. The van der Waals surface area contributed by atoms with Crippen molar-refractivity contribution in [3.8, 4) is 5.69 Å². The van der Waals surface area contributed by atoms with Gasteiger partial charge in [-0.25, -0.2) is 14.1 Å². The molecule has 3 aromatic rings. The molecule has 1 N–H and O–H groups in total. The molecule has 0 saturated carbocycles. The molecule has 2 aromatic heterocycles. The summed E-state index contributed by atoms with van der Waals surface area (Å²) >= 11 is 0.347. The van der Waals surface area contributed by atoms with Gasteiger partial charge in [-0.1, -0.05) is 17.4 Å². The first kappa shape index (κ1) is 17.1. The van der Waals surface area contributed by atoms with Gasteiger partial charge in [0.2, 0.25) is 5.91 Å². The summed E-state index contributed by atoms with van der Waals surface area (Å²) in [5.41, 5.74) is 0.871. The summed E-state index contributed by atoms with van der Waals surface area (Å²) in [6.45, 7) is 0. The van der Waals surface area contributed by atoms with Crippen LogP contribution >= 0.6 is 11.3 Å². The molecular weight excluding hydrogens is 360 g/mol. The van der Waals surface area contributed by atoms with Crippen LogP contribution in [-0.2, 0) is 17.4 Å². The molecule has 0 bridgehead atoms.